The van der Waals surface area contributed by atoms with Gasteiger partial charge in [-0.25, -0.2) is 4.98 Å². The lowest BCUT2D eigenvalue weighted by molar-refractivity contribution is 0.598. The van der Waals surface area contributed by atoms with E-state index in [2.05, 4.69) is 20.1 Å². The van der Waals surface area contributed by atoms with Crippen molar-refractivity contribution in [1.82, 2.24) is 9.97 Å². The molecule has 2 aromatic rings. The number of nitrogens with one attached hydrogen (secondary N) is 2. The molecule has 0 fully saturated rings. The van der Waals surface area contributed by atoms with Crippen molar-refractivity contribution < 1.29 is 8.42 Å². The van der Waals surface area contributed by atoms with Gasteiger partial charge in [-0.2, -0.15) is 8.42 Å². The second-order valence-corrected chi connectivity index (χ2v) is 5.39. The van der Waals surface area contributed by atoms with Gasteiger partial charge in [-0.05, 0) is 31.2 Å². The van der Waals surface area contributed by atoms with Gasteiger partial charge in [0.25, 0.3) is 10.0 Å². The van der Waals surface area contributed by atoms with Crippen LogP contribution in [0.15, 0.2) is 41.7 Å². The maximum Gasteiger partial charge on any atom is 0.281 e. The number of rotatable bonds is 4. The minimum absolute atomic E-state index is 0.160. The molecule has 0 saturated carbocycles. The second-order valence-electron chi connectivity index (χ2n) is 3.79. The Morgan fingerprint density at radius 1 is 1.21 bits per heavy atom. The van der Waals surface area contributed by atoms with Crippen LogP contribution in [0.4, 0.5) is 11.4 Å². The first-order valence-electron chi connectivity index (χ1n) is 5.40. The van der Waals surface area contributed by atoms with E-state index in [1.165, 1.54) is 18.5 Å². The van der Waals surface area contributed by atoms with Crippen molar-refractivity contribution in [2.75, 3.05) is 10.1 Å². The number of aromatic nitrogens is 2. The summed E-state index contributed by atoms with van der Waals surface area (Å²) in [6.45, 7) is 1.77. The fraction of sp³-hybridized carbons (Fsp3) is 0.0909. The number of anilines is 2. The zero-order valence-corrected chi connectivity index (χ0v) is 11.0. The minimum atomic E-state index is -3.80. The van der Waals surface area contributed by atoms with E-state index in [1.54, 1.807) is 25.1 Å². The Hall–Kier alpha value is -2.19. The molecule has 8 heteroatoms. The number of sulfonamides is 1. The van der Waals surface area contributed by atoms with Gasteiger partial charge in [0, 0.05) is 18.1 Å². The van der Waals surface area contributed by atoms with Gasteiger partial charge in [-0.15, -0.1) is 0 Å². The van der Waals surface area contributed by atoms with Crippen LogP contribution in [0.5, 0.6) is 0 Å². The van der Waals surface area contributed by atoms with Crippen molar-refractivity contribution >= 4 is 21.4 Å². The monoisotopic (exact) mass is 279 g/mol. The average molecular weight is 279 g/mol. The van der Waals surface area contributed by atoms with Crippen molar-refractivity contribution in [3.8, 4) is 0 Å². The number of nitrogens with two attached hydrogens (primary N) is 1. The molecule has 0 amide bonds. The van der Waals surface area contributed by atoms with Crippen molar-refractivity contribution in [1.29, 1.82) is 0 Å². The predicted molar refractivity (Wildman–Crippen MR) is 71.8 cm³/mol. The highest BCUT2D eigenvalue weighted by Gasteiger charge is 2.19. The number of nitrogens with zero attached hydrogens (tertiary/aromatic N) is 2. The Labute approximate surface area is 110 Å². The van der Waals surface area contributed by atoms with Crippen LogP contribution in [0.3, 0.4) is 0 Å². The number of hydrogen-bond acceptors (Lipinski definition) is 6. The molecule has 0 aliphatic heterocycles. The SMILES string of the molecule is Cc1cc(NS(=O)(=O)c2ncccc2NN)ccn1. The number of pyridine rings is 2. The van der Waals surface area contributed by atoms with E-state index in [1.807, 2.05) is 0 Å². The van der Waals surface area contributed by atoms with E-state index < -0.39 is 10.0 Å². The maximum atomic E-state index is 12.2. The summed E-state index contributed by atoms with van der Waals surface area (Å²) in [5, 5.41) is -0.160. The summed E-state index contributed by atoms with van der Waals surface area (Å²) in [7, 11) is -3.80. The fourth-order valence-corrected chi connectivity index (χ4v) is 2.68. The molecule has 0 aromatic carbocycles. The molecule has 0 aliphatic carbocycles. The zero-order chi connectivity index (χ0) is 13.9. The van der Waals surface area contributed by atoms with Gasteiger partial charge in [0.05, 0.1) is 11.4 Å². The predicted octanol–water partition coefficient (Wildman–Crippen LogP) is 0.871. The van der Waals surface area contributed by atoms with E-state index in [0.717, 1.165) is 0 Å². The molecular weight excluding hydrogens is 266 g/mol. The molecule has 0 spiro atoms. The van der Waals surface area contributed by atoms with Crippen molar-refractivity contribution in [3.05, 3.63) is 42.4 Å². The van der Waals surface area contributed by atoms with Gasteiger partial charge in [0.1, 0.15) is 0 Å². The number of nitrogen functional groups attached to an aromatic ring is 1. The van der Waals surface area contributed by atoms with Gasteiger partial charge in [0.2, 0.25) is 5.03 Å². The molecule has 0 bridgehead atoms. The summed E-state index contributed by atoms with van der Waals surface area (Å²) in [4.78, 5) is 7.82. The van der Waals surface area contributed by atoms with E-state index in [0.29, 0.717) is 11.4 Å². The molecule has 7 nitrogen and oxygen atoms in total. The van der Waals surface area contributed by atoms with E-state index in [-0.39, 0.29) is 10.7 Å². The second kappa shape index (κ2) is 5.21. The number of hydrazine groups is 1. The molecular formula is C11H13N5O2S. The quantitative estimate of drug-likeness (QED) is 0.566. The topological polar surface area (TPSA) is 110 Å². The summed E-state index contributed by atoms with van der Waals surface area (Å²) in [5.41, 5.74) is 3.65. The summed E-state index contributed by atoms with van der Waals surface area (Å²) in [6, 6.07) is 6.29. The van der Waals surface area contributed by atoms with Crippen LogP contribution in [0, 0.1) is 6.92 Å². The normalized spacial score (nSPS) is 11.1. The van der Waals surface area contributed by atoms with E-state index >= 15 is 0 Å². The van der Waals surface area contributed by atoms with Crippen molar-refractivity contribution in [2.24, 2.45) is 5.84 Å². The molecule has 4 N–H and O–H groups in total. The summed E-state index contributed by atoms with van der Waals surface area (Å²) in [6.07, 6.45) is 2.90. The minimum Gasteiger partial charge on any atom is -0.321 e. The van der Waals surface area contributed by atoms with Crippen LogP contribution in [-0.4, -0.2) is 18.4 Å². The van der Waals surface area contributed by atoms with Crippen LogP contribution in [-0.2, 0) is 10.0 Å². The smallest absolute Gasteiger partial charge is 0.281 e. The Balaban J connectivity index is 2.38. The third kappa shape index (κ3) is 2.98. The first kappa shape index (κ1) is 13.2. The fourth-order valence-electron chi connectivity index (χ4n) is 1.53. The van der Waals surface area contributed by atoms with Gasteiger partial charge in [-0.3, -0.25) is 15.5 Å². The van der Waals surface area contributed by atoms with Gasteiger partial charge >= 0.3 is 0 Å². The van der Waals surface area contributed by atoms with Gasteiger partial charge < -0.3 is 5.43 Å². The molecule has 0 unspecified atom stereocenters. The lowest BCUT2D eigenvalue weighted by Crippen LogP contribution is -2.19. The summed E-state index contributed by atoms with van der Waals surface area (Å²) < 4.78 is 26.8. The van der Waals surface area contributed by atoms with Crippen LogP contribution >= 0.6 is 0 Å². The Morgan fingerprint density at radius 2 is 2.00 bits per heavy atom. The molecule has 0 atom stereocenters. The largest absolute Gasteiger partial charge is 0.321 e. The molecule has 2 heterocycles. The zero-order valence-electron chi connectivity index (χ0n) is 10.2. The lowest BCUT2D eigenvalue weighted by atomic mass is 10.3. The highest BCUT2D eigenvalue weighted by atomic mass is 32.2. The third-order valence-electron chi connectivity index (χ3n) is 2.33. The van der Waals surface area contributed by atoms with Crippen LogP contribution in [0.25, 0.3) is 0 Å². The first-order chi connectivity index (χ1) is 9.03. The Bertz CT molecular complexity index is 687. The van der Waals surface area contributed by atoms with Gasteiger partial charge in [0.15, 0.2) is 0 Å². The lowest BCUT2D eigenvalue weighted by Gasteiger charge is -2.10. The van der Waals surface area contributed by atoms with Crippen molar-refractivity contribution in [3.63, 3.8) is 0 Å². The summed E-state index contributed by atoms with van der Waals surface area (Å²) in [5.74, 6) is 5.27. The molecule has 2 rings (SSSR count). The average Bonchev–Trinajstić information content (AvgIpc) is 2.38. The van der Waals surface area contributed by atoms with E-state index in [9.17, 15) is 8.42 Å². The molecule has 0 radical (unpaired) electrons. The van der Waals surface area contributed by atoms with Gasteiger partial charge in [-0.1, -0.05) is 0 Å². The Kier molecular flexibility index (Phi) is 3.63. The van der Waals surface area contributed by atoms with Crippen molar-refractivity contribution in [2.45, 2.75) is 11.9 Å². The maximum absolute atomic E-state index is 12.2. The first-order valence-corrected chi connectivity index (χ1v) is 6.88. The molecule has 0 aliphatic rings. The van der Waals surface area contributed by atoms with Crippen LogP contribution in [0.2, 0.25) is 0 Å². The number of hydrogen-bond donors (Lipinski definition) is 3. The molecule has 0 saturated heterocycles. The van der Waals surface area contributed by atoms with Crippen LogP contribution < -0.4 is 16.0 Å². The molecule has 2 aromatic heterocycles. The molecule has 19 heavy (non-hydrogen) atoms. The third-order valence-corrected chi connectivity index (χ3v) is 3.67. The Morgan fingerprint density at radius 3 is 2.68 bits per heavy atom. The highest BCUT2D eigenvalue weighted by Crippen LogP contribution is 2.20. The molecule has 100 valence electrons. The van der Waals surface area contributed by atoms with Crippen LogP contribution in [0.1, 0.15) is 5.69 Å². The standard InChI is InChI=1S/C11H13N5O2S/c1-8-7-9(4-6-13-8)16-19(17,18)11-10(15-12)3-2-5-14-11/h2-7,15H,12H2,1H3,(H,13,16). The summed E-state index contributed by atoms with van der Waals surface area (Å²) >= 11 is 0. The van der Waals surface area contributed by atoms with E-state index in [4.69, 9.17) is 5.84 Å². The highest BCUT2D eigenvalue weighted by molar-refractivity contribution is 7.92. The number of aryl methyl sites for hydroxylation is 1.